The van der Waals surface area contributed by atoms with Crippen LogP contribution in [-0.4, -0.2) is 16.5 Å². The van der Waals surface area contributed by atoms with Gasteiger partial charge in [0, 0.05) is 10.8 Å². The molecule has 1 aliphatic heterocycles. The zero-order valence-electron chi connectivity index (χ0n) is 9.18. The monoisotopic (exact) mass is 201 g/mol. The van der Waals surface area contributed by atoms with Crippen LogP contribution in [0.1, 0.15) is 46.5 Å². The largest absolute Gasteiger partial charge is 0.326 e. The predicted molar refractivity (Wildman–Crippen MR) is 62.1 cm³/mol. The second kappa shape index (κ2) is 4.70. The van der Waals surface area contributed by atoms with Gasteiger partial charge in [0.1, 0.15) is 0 Å². The van der Waals surface area contributed by atoms with Crippen molar-refractivity contribution in [1.82, 2.24) is 0 Å². The molecular formula is C11H23NS. The standard InChI is InChI=1S/C11H23NS/c1-4-9(2)8-10(12)11(3)6-5-7-13-11/h9-10H,4-8,12H2,1-3H3. The Morgan fingerprint density at radius 2 is 2.23 bits per heavy atom. The topological polar surface area (TPSA) is 26.0 Å². The van der Waals surface area contributed by atoms with Crippen molar-refractivity contribution >= 4 is 11.8 Å². The number of nitrogens with two attached hydrogens (primary N) is 1. The van der Waals surface area contributed by atoms with Gasteiger partial charge in [-0.3, -0.25) is 0 Å². The highest BCUT2D eigenvalue weighted by Gasteiger charge is 2.35. The molecule has 0 saturated carbocycles. The van der Waals surface area contributed by atoms with E-state index in [2.05, 4.69) is 32.5 Å². The van der Waals surface area contributed by atoms with Gasteiger partial charge in [-0.15, -0.1) is 0 Å². The van der Waals surface area contributed by atoms with Crippen LogP contribution in [-0.2, 0) is 0 Å². The third kappa shape index (κ3) is 2.88. The first-order chi connectivity index (χ1) is 6.08. The molecule has 0 spiro atoms. The van der Waals surface area contributed by atoms with Crippen LogP contribution in [0.25, 0.3) is 0 Å². The fraction of sp³-hybridized carbons (Fsp3) is 1.00. The number of hydrogen-bond donors (Lipinski definition) is 1. The lowest BCUT2D eigenvalue weighted by atomic mass is 9.89. The summed E-state index contributed by atoms with van der Waals surface area (Å²) in [4.78, 5) is 0. The predicted octanol–water partition coefficient (Wildman–Crippen LogP) is 3.04. The van der Waals surface area contributed by atoms with Crippen LogP contribution >= 0.6 is 11.8 Å². The van der Waals surface area contributed by atoms with Crippen molar-refractivity contribution in [3.8, 4) is 0 Å². The molecule has 1 heterocycles. The minimum absolute atomic E-state index is 0.378. The Morgan fingerprint density at radius 3 is 2.69 bits per heavy atom. The third-order valence-electron chi connectivity index (χ3n) is 3.39. The summed E-state index contributed by atoms with van der Waals surface area (Å²) in [5, 5.41) is 0. The number of rotatable bonds is 4. The van der Waals surface area contributed by atoms with Crippen LogP contribution in [0.5, 0.6) is 0 Å². The van der Waals surface area contributed by atoms with Crippen LogP contribution < -0.4 is 5.73 Å². The molecule has 1 saturated heterocycles. The zero-order chi connectivity index (χ0) is 9.90. The van der Waals surface area contributed by atoms with Crippen molar-refractivity contribution in [3.05, 3.63) is 0 Å². The van der Waals surface area contributed by atoms with Gasteiger partial charge >= 0.3 is 0 Å². The van der Waals surface area contributed by atoms with Crippen molar-refractivity contribution in [1.29, 1.82) is 0 Å². The average Bonchev–Trinajstić information content (AvgIpc) is 2.53. The lowest BCUT2D eigenvalue weighted by Gasteiger charge is -2.31. The summed E-state index contributed by atoms with van der Waals surface area (Å²) in [6.45, 7) is 6.90. The van der Waals surface area contributed by atoms with E-state index in [-0.39, 0.29) is 0 Å². The van der Waals surface area contributed by atoms with E-state index in [9.17, 15) is 0 Å². The molecule has 0 radical (unpaired) electrons. The van der Waals surface area contributed by atoms with Gasteiger partial charge < -0.3 is 5.73 Å². The molecule has 1 nitrogen and oxygen atoms in total. The smallest absolute Gasteiger partial charge is 0.0283 e. The first kappa shape index (κ1) is 11.4. The number of thioether (sulfide) groups is 1. The lowest BCUT2D eigenvalue weighted by Crippen LogP contribution is -2.42. The first-order valence-electron chi connectivity index (χ1n) is 5.48. The quantitative estimate of drug-likeness (QED) is 0.756. The van der Waals surface area contributed by atoms with Gasteiger partial charge in [0.25, 0.3) is 0 Å². The van der Waals surface area contributed by atoms with E-state index in [4.69, 9.17) is 5.73 Å². The molecule has 13 heavy (non-hydrogen) atoms. The molecule has 1 aliphatic rings. The Bertz CT molecular complexity index is 152. The van der Waals surface area contributed by atoms with E-state index >= 15 is 0 Å². The molecule has 1 fully saturated rings. The van der Waals surface area contributed by atoms with Crippen LogP contribution in [0.4, 0.5) is 0 Å². The van der Waals surface area contributed by atoms with Crippen molar-refractivity contribution in [2.24, 2.45) is 11.7 Å². The fourth-order valence-electron chi connectivity index (χ4n) is 1.94. The number of hydrogen-bond acceptors (Lipinski definition) is 2. The van der Waals surface area contributed by atoms with E-state index in [1.807, 2.05) is 0 Å². The van der Waals surface area contributed by atoms with Gasteiger partial charge in [0.2, 0.25) is 0 Å². The van der Waals surface area contributed by atoms with Crippen LogP contribution in [0, 0.1) is 5.92 Å². The molecule has 0 aromatic heterocycles. The van der Waals surface area contributed by atoms with Gasteiger partial charge in [-0.1, -0.05) is 20.3 Å². The summed E-state index contributed by atoms with van der Waals surface area (Å²) in [5.41, 5.74) is 6.27. The summed E-state index contributed by atoms with van der Waals surface area (Å²) >= 11 is 2.08. The molecule has 0 bridgehead atoms. The lowest BCUT2D eigenvalue weighted by molar-refractivity contribution is 0.385. The van der Waals surface area contributed by atoms with Crippen molar-refractivity contribution in [2.75, 3.05) is 5.75 Å². The molecule has 0 amide bonds. The molecule has 3 unspecified atom stereocenters. The molecule has 1 rings (SSSR count). The second-order valence-electron chi connectivity index (χ2n) is 4.62. The van der Waals surface area contributed by atoms with Crippen molar-refractivity contribution in [3.63, 3.8) is 0 Å². The summed E-state index contributed by atoms with van der Waals surface area (Å²) in [7, 11) is 0. The van der Waals surface area contributed by atoms with Gasteiger partial charge in [0.15, 0.2) is 0 Å². The Balaban J connectivity index is 2.41. The molecule has 2 N–H and O–H groups in total. The summed E-state index contributed by atoms with van der Waals surface area (Å²) in [6.07, 6.45) is 5.12. The molecule has 0 aromatic rings. The van der Waals surface area contributed by atoms with E-state index in [1.165, 1.54) is 31.4 Å². The van der Waals surface area contributed by atoms with E-state index in [0.29, 0.717) is 10.8 Å². The highest BCUT2D eigenvalue weighted by Crippen LogP contribution is 2.41. The highest BCUT2D eigenvalue weighted by molar-refractivity contribution is 8.00. The minimum atomic E-state index is 0.378. The zero-order valence-corrected chi connectivity index (χ0v) is 9.99. The molecule has 0 aromatic carbocycles. The highest BCUT2D eigenvalue weighted by atomic mass is 32.2. The SMILES string of the molecule is CCC(C)CC(N)C1(C)CCCS1. The van der Waals surface area contributed by atoms with Crippen LogP contribution in [0.2, 0.25) is 0 Å². The summed E-state index contributed by atoms with van der Waals surface area (Å²) < 4.78 is 0.378. The van der Waals surface area contributed by atoms with Crippen LogP contribution in [0.3, 0.4) is 0 Å². The molecule has 3 atom stereocenters. The second-order valence-corrected chi connectivity index (χ2v) is 6.25. The van der Waals surface area contributed by atoms with Crippen molar-refractivity contribution < 1.29 is 0 Å². The maximum absolute atomic E-state index is 6.27. The molecule has 2 heteroatoms. The first-order valence-corrected chi connectivity index (χ1v) is 6.46. The Morgan fingerprint density at radius 1 is 1.54 bits per heavy atom. The van der Waals surface area contributed by atoms with Gasteiger partial charge in [-0.05, 0) is 37.9 Å². The normalized spacial score (nSPS) is 33.2. The van der Waals surface area contributed by atoms with Gasteiger partial charge in [0.05, 0.1) is 0 Å². The summed E-state index contributed by atoms with van der Waals surface area (Å²) in [5.74, 6) is 2.10. The van der Waals surface area contributed by atoms with Gasteiger partial charge in [-0.2, -0.15) is 11.8 Å². The fourth-order valence-corrected chi connectivity index (χ4v) is 3.30. The molecule has 0 aliphatic carbocycles. The van der Waals surface area contributed by atoms with Crippen LogP contribution in [0.15, 0.2) is 0 Å². The van der Waals surface area contributed by atoms with Crippen molar-refractivity contribution in [2.45, 2.75) is 57.2 Å². The van der Waals surface area contributed by atoms with E-state index < -0.39 is 0 Å². The van der Waals surface area contributed by atoms with Gasteiger partial charge in [-0.25, -0.2) is 0 Å². The molecule has 78 valence electrons. The minimum Gasteiger partial charge on any atom is -0.326 e. The third-order valence-corrected chi connectivity index (χ3v) is 5.05. The summed E-state index contributed by atoms with van der Waals surface area (Å²) in [6, 6.07) is 0.398. The Hall–Kier alpha value is 0.310. The maximum atomic E-state index is 6.27. The molecular weight excluding hydrogens is 178 g/mol. The van der Waals surface area contributed by atoms with E-state index in [1.54, 1.807) is 0 Å². The van der Waals surface area contributed by atoms with E-state index in [0.717, 1.165) is 5.92 Å². The average molecular weight is 201 g/mol. The Labute approximate surface area is 86.8 Å². The maximum Gasteiger partial charge on any atom is 0.0283 e. The Kier molecular flexibility index (Phi) is 4.11.